The van der Waals surface area contributed by atoms with Crippen LogP contribution in [-0.4, -0.2) is 61.6 Å². The summed E-state index contributed by atoms with van der Waals surface area (Å²) in [5.41, 5.74) is 7.84. The number of nitrogens with zero attached hydrogens (tertiary/aromatic N) is 1. The first-order chi connectivity index (χ1) is 32.4. The molecule has 0 spiro atoms. The van der Waals surface area contributed by atoms with Crippen LogP contribution in [0, 0.1) is 46.3 Å². The summed E-state index contributed by atoms with van der Waals surface area (Å²) in [6.07, 6.45) is 42.9. The number of nitrogens with one attached hydrogen (secondary N) is 2. The third-order valence-electron chi connectivity index (χ3n) is 18.0. The number of carbonyl (C=O) groups excluding carboxylic acids is 3. The summed E-state index contributed by atoms with van der Waals surface area (Å²) in [6, 6.07) is 0. The lowest BCUT2D eigenvalue weighted by atomic mass is 9.47. The normalized spacial score (nSPS) is 26.0. The number of nitrogens with two attached hydrogens (primary N) is 1. The van der Waals surface area contributed by atoms with Crippen LogP contribution in [0.1, 0.15) is 260 Å². The van der Waals surface area contributed by atoms with E-state index in [1.54, 1.807) is 4.90 Å². The fourth-order valence-electron chi connectivity index (χ4n) is 13.9. The van der Waals surface area contributed by atoms with Crippen molar-refractivity contribution < 1.29 is 19.1 Å². The SMILES string of the molecule is CCCCCCCCCCCCCCCCCCC(=O)NCCCCN(CC(=O)NCCCCCCN)C(=O)O[C@H]1CC[C@@]2(C)C(=CC[C@H]3[C@@H]4CC[C@H]([C@H](C)CCCC(C)C)[C@@]4(C)CC[C@@H]32)C1. The van der Waals surface area contributed by atoms with Crippen LogP contribution in [0.4, 0.5) is 4.79 Å². The molecule has 0 radical (unpaired) electrons. The maximum absolute atomic E-state index is 13.9. The number of rotatable bonds is 36. The maximum atomic E-state index is 13.9. The molecule has 4 aliphatic rings. The summed E-state index contributed by atoms with van der Waals surface area (Å²) in [5, 5.41) is 6.15. The van der Waals surface area contributed by atoms with E-state index in [0.29, 0.717) is 44.4 Å². The van der Waals surface area contributed by atoms with E-state index in [0.717, 1.165) is 99.7 Å². The van der Waals surface area contributed by atoms with Crippen LogP contribution in [0.5, 0.6) is 0 Å². The van der Waals surface area contributed by atoms with Crippen molar-refractivity contribution in [2.45, 2.75) is 266 Å². The van der Waals surface area contributed by atoms with Gasteiger partial charge in [-0.15, -0.1) is 0 Å². The summed E-state index contributed by atoms with van der Waals surface area (Å²) in [6.45, 7) is 17.1. The van der Waals surface area contributed by atoms with Crippen molar-refractivity contribution in [2.75, 3.05) is 32.7 Å². The summed E-state index contributed by atoms with van der Waals surface area (Å²) in [7, 11) is 0. The predicted molar refractivity (Wildman–Crippen MR) is 282 cm³/mol. The van der Waals surface area contributed by atoms with Crippen LogP contribution < -0.4 is 16.4 Å². The lowest BCUT2D eigenvalue weighted by Gasteiger charge is -2.58. The van der Waals surface area contributed by atoms with Crippen molar-refractivity contribution in [2.24, 2.45) is 52.1 Å². The Bertz CT molecular complexity index is 1420. The van der Waals surface area contributed by atoms with Gasteiger partial charge in [0.25, 0.3) is 0 Å². The average molecular weight is 938 g/mol. The largest absolute Gasteiger partial charge is 0.446 e. The molecule has 8 atom stereocenters. The molecule has 4 aliphatic carbocycles. The van der Waals surface area contributed by atoms with Crippen LogP contribution in [-0.2, 0) is 14.3 Å². The lowest BCUT2D eigenvalue weighted by Crippen LogP contribution is -2.51. The number of allylic oxidation sites excluding steroid dienone is 1. The van der Waals surface area contributed by atoms with Crippen LogP contribution in [0.2, 0.25) is 0 Å². The molecule has 388 valence electrons. The highest BCUT2D eigenvalue weighted by Crippen LogP contribution is 2.67. The van der Waals surface area contributed by atoms with Gasteiger partial charge in [0.2, 0.25) is 11.8 Å². The highest BCUT2D eigenvalue weighted by Gasteiger charge is 2.59. The third-order valence-corrected chi connectivity index (χ3v) is 18.0. The van der Waals surface area contributed by atoms with Crippen molar-refractivity contribution in [3.8, 4) is 0 Å². The van der Waals surface area contributed by atoms with E-state index in [4.69, 9.17) is 10.5 Å². The first-order valence-electron chi connectivity index (χ1n) is 29.3. The fourth-order valence-corrected chi connectivity index (χ4v) is 13.9. The van der Waals surface area contributed by atoms with Crippen LogP contribution in [0.15, 0.2) is 11.6 Å². The second-order valence-corrected chi connectivity index (χ2v) is 23.6. The van der Waals surface area contributed by atoms with E-state index in [9.17, 15) is 14.4 Å². The molecule has 0 aromatic heterocycles. The van der Waals surface area contributed by atoms with E-state index in [1.807, 2.05) is 0 Å². The Morgan fingerprint density at radius 3 is 1.93 bits per heavy atom. The van der Waals surface area contributed by atoms with Crippen molar-refractivity contribution in [3.63, 3.8) is 0 Å². The van der Waals surface area contributed by atoms with Crippen molar-refractivity contribution in [1.29, 1.82) is 0 Å². The minimum atomic E-state index is -0.374. The molecule has 0 saturated heterocycles. The highest BCUT2D eigenvalue weighted by molar-refractivity contribution is 5.82. The fraction of sp³-hybridized carbons (Fsp3) is 0.915. The molecule has 4 rings (SSSR count). The van der Waals surface area contributed by atoms with Gasteiger partial charge in [-0.2, -0.15) is 0 Å². The molecular formula is C59H108N4O4. The van der Waals surface area contributed by atoms with E-state index >= 15 is 0 Å². The second kappa shape index (κ2) is 32.0. The Hall–Kier alpha value is -2.09. The standard InChI is InChI=1S/C59H108N4O4/c1-7-8-9-10-11-12-13-14-15-16-17-18-19-20-21-24-32-55(64)61-43-27-28-44-63(46-56(65)62-42-26-23-22-25-41-60)57(66)67-50-37-39-58(5)49(45-50)33-34-51-53-36-35-52(48(4)31-29-30-47(2)3)59(53,6)40-38-54(51)58/h33,47-48,50-54H,7-32,34-46,60H2,1-6H3,(H,61,64)(H,62,65)/t48-,50+,51+,52-,53+,54+,58+,59-/m1/s1. The number of amides is 3. The monoisotopic (exact) mass is 937 g/mol. The number of carbonyl (C=O) groups is 3. The summed E-state index contributed by atoms with van der Waals surface area (Å²) in [5.74, 6) is 4.80. The quantitative estimate of drug-likeness (QED) is 0.0428. The molecule has 67 heavy (non-hydrogen) atoms. The van der Waals surface area contributed by atoms with Gasteiger partial charge in [-0.1, -0.05) is 182 Å². The van der Waals surface area contributed by atoms with Gasteiger partial charge >= 0.3 is 6.09 Å². The van der Waals surface area contributed by atoms with E-state index in [2.05, 4.69) is 58.3 Å². The molecule has 0 heterocycles. The average Bonchev–Trinajstić information content (AvgIpc) is 3.66. The molecule has 3 saturated carbocycles. The first kappa shape index (κ1) is 57.5. The zero-order chi connectivity index (χ0) is 48.3. The summed E-state index contributed by atoms with van der Waals surface area (Å²) < 4.78 is 6.33. The minimum Gasteiger partial charge on any atom is -0.446 e. The Balaban J connectivity index is 1.16. The first-order valence-corrected chi connectivity index (χ1v) is 29.3. The minimum absolute atomic E-state index is 0.00161. The maximum Gasteiger partial charge on any atom is 0.410 e. The van der Waals surface area contributed by atoms with Crippen molar-refractivity contribution in [1.82, 2.24) is 15.5 Å². The molecule has 4 N–H and O–H groups in total. The van der Waals surface area contributed by atoms with Crippen LogP contribution >= 0.6 is 0 Å². The van der Waals surface area contributed by atoms with E-state index in [1.165, 1.54) is 147 Å². The molecule has 3 amide bonds. The molecular weight excluding hydrogens is 829 g/mol. The van der Waals surface area contributed by atoms with Gasteiger partial charge in [-0.05, 0) is 130 Å². The van der Waals surface area contributed by atoms with Gasteiger partial charge in [0, 0.05) is 32.5 Å². The Morgan fingerprint density at radius 2 is 1.28 bits per heavy atom. The summed E-state index contributed by atoms with van der Waals surface area (Å²) in [4.78, 5) is 41.3. The zero-order valence-corrected chi connectivity index (χ0v) is 44.9. The Kier molecular flexibility index (Phi) is 27.5. The molecule has 3 fully saturated rings. The number of fused-ring (bicyclic) bond motifs is 5. The molecule has 0 bridgehead atoms. The van der Waals surface area contributed by atoms with Gasteiger partial charge in [0.05, 0.1) is 0 Å². The lowest BCUT2D eigenvalue weighted by molar-refractivity contribution is -0.122. The molecule has 8 heteroatoms. The molecule has 0 aromatic carbocycles. The number of ether oxygens (including phenoxy) is 1. The molecule has 0 unspecified atom stereocenters. The molecule has 8 nitrogen and oxygen atoms in total. The zero-order valence-electron chi connectivity index (χ0n) is 44.9. The Labute approximate surface area is 413 Å². The van der Waals surface area contributed by atoms with Gasteiger partial charge in [0.15, 0.2) is 0 Å². The third kappa shape index (κ3) is 19.6. The number of unbranched alkanes of at least 4 members (excludes halogenated alkanes) is 19. The van der Waals surface area contributed by atoms with Crippen molar-refractivity contribution >= 4 is 17.9 Å². The predicted octanol–water partition coefficient (Wildman–Crippen LogP) is 15.0. The second-order valence-electron chi connectivity index (χ2n) is 23.6. The number of hydrogen-bond acceptors (Lipinski definition) is 5. The van der Waals surface area contributed by atoms with Gasteiger partial charge in [-0.3, -0.25) is 14.5 Å². The molecule has 0 aliphatic heterocycles. The van der Waals surface area contributed by atoms with Crippen LogP contribution in [0.3, 0.4) is 0 Å². The number of hydrogen-bond donors (Lipinski definition) is 3. The van der Waals surface area contributed by atoms with E-state index < -0.39 is 0 Å². The van der Waals surface area contributed by atoms with E-state index in [-0.39, 0.29) is 36.0 Å². The topological polar surface area (TPSA) is 114 Å². The smallest absolute Gasteiger partial charge is 0.410 e. The van der Waals surface area contributed by atoms with Gasteiger partial charge in [-0.25, -0.2) is 4.79 Å². The van der Waals surface area contributed by atoms with Gasteiger partial charge < -0.3 is 21.1 Å². The Morgan fingerprint density at radius 1 is 0.687 bits per heavy atom. The highest BCUT2D eigenvalue weighted by atomic mass is 16.6. The van der Waals surface area contributed by atoms with Crippen LogP contribution in [0.25, 0.3) is 0 Å². The van der Waals surface area contributed by atoms with Crippen molar-refractivity contribution in [3.05, 3.63) is 11.6 Å². The molecule has 0 aromatic rings. The van der Waals surface area contributed by atoms with Gasteiger partial charge in [0.1, 0.15) is 12.6 Å². The summed E-state index contributed by atoms with van der Waals surface area (Å²) >= 11 is 0.